The minimum atomic E-state index is -5.11. The lowest BCUT2D eigenvalue weighted by molar-refractivity contribution is -0.211. The fourth-order valence-corrected chi connectivity index (χ4v) is 2.08. The third kappa shape index (κ3) is 4.02. The van der Waals surface area contributed by atoms with Gasteiger partial charge in [0.1, 0.15) is 0 Å². The van der Waals surface area contributed by atoms with E-state index in [0.717, 1.165) is 4.90 Å². The number of ether oxygens (including phenoxy) is 1. The summed E-state index contributed by atoms with van der Waals surface area (Å²) in [7, 11) is 0. The number of piperazine rings is 1. The van der Waals surface area contributed by atoms with Gasteiger partial charge in [-0.15, -0.1) is 6.42 Å². The van der Waals surface area contributed by atoms with Crippen LogP contribution in [0.1, 0.15) is 15.9 Å². The number of alkyl halides is 3. The van der Waals surface area contributed by atoms with Crippen LogP contribution >= 0.6 is 0 Å². The standard InChI is InChI=1S/C15H13F3N2O3/c1-2-10-3-5-11(6-4-10)13(21)20-8-7-19-9-12(20)23-14(22)15(16,17)18/h1,3-6,12,19H,7-9H2. The molecule has 2 rings (SSSR count). The zero-order valence-electron chi connectivity index (χ0n) is 11.9. The number of benzene rings is 1. The summed E-state index contributed by atoms with van der Waals surface area (Å²) in [5, 5.41) is 2.78. The average Bonchev–Trinajstić information content (AvgIpc) is 2.54. The van der Waals surface area contributed by atoms with Crippen molar-refractivity contribution in [3.05, 3.63) is 35.4 Å². The number of carbonyl (C=O) groups is 2. The Hall–Kier alpha value is -2.53. The van der Waals surface area contributed by atoms with Gasteiger partial charge in [0.05, 0.1) is 6.54 Å². The van der Waals surface area contributed by atoms with Crippen molar-refractivity contribution in [2.24, 2.45) is 0 Å². The number of hydrogen-bond donors (Lipinski definition) is 1. The van der Waals surface area contributed by atoms with Crippen LogP contribution in [0.2, 0.25) is 0 Å². The smallest absolute Gasteiger partial charge is 0.433 e. The number of nitrogens with zero attached hydrogens (tertiary/aromatic N) is 1. The van der Waals surface area contributed by atoms with Gasteiger partial charge in [-0.25, -0.2) is 4.79 Å². The second-order valence-electron chi connectivity index (χ2n) is 4.78. The molecule has 0 bridgehead atoms. The van der Waals surface area contributed by atoms with Crippen molar-refractivity contribution >= 4 is 11.9 Å². The molecule has 1 aliphatic rings. The highest BCUT2D eigenvalue weighted by Crippen LogP contribution is 2.20. The van der Waals surface area contributed by atoms with Crippen molar-refractivity contribution in [2.45, 2.75) is 12.4 Å². The van der Waals surface area contributed by atoms with Gasteiger partial charge in [0.25, 0.3) is 5.91 Å². The van der Waals surface area contributed by atoms with Crippen LogP contribution in [-0.2, 0) is 9.53 Å². The van der Waals surface area contributed by atoms with E-state index in [1.807, 2.05) is 0 Å². The lowest BCUT2D eigenvalue weighted by atomic mass is 10.1. The van der Waals surface area contributed by atoms with Crippen LogP contribution in [-0.4, -0.2) is 48.8 Å². The molecule has 0 aromatic heterocycles. The van der Waals surface area contributed by atoms with E-state index in [-0.39, 0.29) is 18.7 Å². The predicted octanol–water partition coefficient (Wildman–Crippen LogP) is 1.14. The topological polar surface area (TPSA) is 58.6 Å². The molecule has 23 heavy (non-hydrogen) atoms. The van der Waals surface area contributed by atoms with Crippen LogP contribution in [0, 0.1) is 12.3 Å². The van der Waals surface area contributed by atoms with Gasteiger partial charge >= 0.3 is 12.1 Å². The summed E-state index contributed by atoms with van der Waals surface area (Å²) < 4.78 is 41.4. The van der Waals surface area contributed by atoms with E-state index in [0.29, 0.717) is 12.1 Å². The first kappa shape index (κ1) is 16.8. The molecule has 8 heteroatoms. The van der Waals surface area contributed by atoms with Crippen molar-refractivity contribution in [3.8, 4) is 12.3 Å². The van der Waals surface area contributed by atoms with Crippen LogP contribution in [0.4, 0.5) is 13.2 Å². The molecule has 0 aliphatic carbocycles. The van der Waals surface area contributed by atoms with Gasteiger partial charge < -0.3 is 15.0 Å². The molecule has 1 aromatic rings. The Kier molecular flexibility index (Phi) is 4.91. The summed E-state index contributed by atoms with van der Waals surface area (Å²) in [6, 6.07) is 6.04. The molecule has 1 N–H and O–H groups in total. The zero-order chi connectivity index (χ0) is 17.0. The van der Waals surface area contributed by atoms with Gasteiger partial charge in [-0.05, 0) is 24.3 Å². The second-order valence-corrected chi connectivity index (χ2v) is 4.78. The van der Waals surface area contributed by atoms with Gasteiger partial charge in [-0.3, -0.25) is 4.79 Å². The number of rotatable bonds is 2. The molecule has 1 aromatic carbocycles. The number of hydrogen-bond acceptors (Lipinski definition) is 4. The van der Waals surface area contributed by atoms with E-state index in [9.17, 15) is 22.8 Å². The molecule has 5 nitrogen and oxygen atoms in total. The van der Waals surface area contributed by atoms with E-state index < -0.39 is 24.3 Å². The first-order valence-corrected chi connectivity index (χ1v) is 6.69. The van der Waals surface area contributed by atoms with Crippen molar-refractivity contribution in [2.75, 3.05) is 19.6 Å². The van der Waals surface area contributed by atoms with Crippen LogP contribution in [0.15, 0.2) is 24.3 Å². The summed E-state index contributed by atoms with van der Waals surface area (Å²) in [6.45, 7) is 0.426. The number of carbonyl (C=O) groups excluding carboxylic acids is 2. The lowest BCUT2D eigenvalue weighted by Crippen LogP contribution is -2.56. The molecule has 1 heterocycles. The molecule has 1 aliphatic heterocycles. The van der Waals surface area contributed by atoms with Crippen LogP contribution in [0.25, 0.3) is 0 Å². The molecule has 1 unspecified atom stereocenters. The Morgan fingerprint density at radius 2 is 1.96 bits per heavy atom. The van der Waals surface area contributed by atoms with E-state index >= 15 is 0 Å². The fraction of sp³-hybridized carbons (Fsp3) is 0.333. The van der Waals surface area contributed by atoms with E-state index in [2.05, 4.69) is 16.0 Å². The Bertz CT molecular complexity index is 635. The molecule has 122 valence electrons. The maximum Gasteiger partial charge on any atom is 0.491 e. The summed E-state index contributed by atoms with van der Waals surface area (Å²) in [6.07, 6.45) is -1.21. The van der Waals surface area contributed by atoms with E-state index in [4.69, 9.17) is 6.42 Å². The largest absolute Gasteiger partial charge is 0.491 e. The quantitative estimate of drug-likeness (QED) is 0.654. The number of amides is 1. The minimum Gasteiger partial charge on any atom is -0.433 e. The number of terminal acetylenes is 1. The molecular formula is C15H13F3N2O3. The number of halogens is 3. The van der Waals surface area contributed by atoms with Gasteiger partial charge in [-0.2, -0.15) is 13.2 Å². The molecule has 0 radical (unpaired) electrons. The monoisotopic (exact) mass is 326 g/mol. The third-order valence-electron chi connectivity index (χ3n) is 3.23. The summed E-state index contributed by atoms with van der Waals surface area (Å²) >= 11 is 0. The first-order chi connectivity index (χ1) is 10.8. The molecule has 1 atom stereocenters. The molecule has 0 saturated carbocycles. The Morgan fingerprint density at radius 1 is 1.30 bits per heavy atom. The van der Waals surface area contributed by atoms with E-state index in [1.54, 1.807) is 12.1 Å². The van der Waals surface area contributed by atoms with Gasteiger partial charge in [0, 0.05) is 24.2 Å². The third-order valence-corrected chi connectivity index (χ3v) is 3.23. The average molecular weight is 326 g/mol. The molecule has 1 saturated heterocycles. The highest BCUT2D eigenvalue weighted by atomic mass is 19.4. The van der Waals surface area contributed by atoms with Crippen LogP contribution in [0.5, 0.6) is 0 Å². The SMILES string of the molecule is C#Cc1ccc(C(=O)N2CCNCC2OC(=O)C(F)(F)F)cc1. The van der Waals surface area contributed by atoms with Crippen molar-refractivity contribution in [3.63, 3.8) is 0 Å². The zero-order valence-corrected chi connectivity index (χ0v) is 11.9. The van der Waals surface area contributed by atoms with Crippen molar-refractivity contribution in [1.29, 1.82) is 0 Å². The Morgan fingerprint density at radius 3 is 2.52 bits per heavy atom. The van der Waals surface area contributed by atoms with Gasteiger partial charge in [0.2, 0.25) is 0 Å². The lowest BCUT2D eigenvalue weighted by Gasteiger charge is -2.35. The molecule has 1 fully saturated rings. The van der Waals surface area contributed by atoms with Gasteiger partial charge in [-0.1, -0.05) is 5.92 Å². The van der Waals surface area contributed by atoms with Crippen LogP contribution in [0.3, 0.4) is 0 Å². The first-order valence-electron chi connectivity index (χ1n) is 6.69. The number of esters is 1. The summed E-state index contributed by atoms with van der Waals surface area (Å²) in [5.41, 5.74) is 0.820. The maximum absolute atomic E-state index is 12.4. The van der Waals surface area contributed by atoms with Gasteiger partial charge in [0.15, 0.2) is 6.23 Å². The minimum absolute atomic E-state index is 0.0734. The highest BCUT2D eigenvalue weighted by molar-refractivity contribution is 5.94. The molecule has 1 amide bonds. The predicted molar refractivity (Wildman–Crippen MR) is 74.2 cm³/mol. The molecular weight excluding hydrogens is 313 g/mol. The Balaban J connectivity index is 2.15. The highest BCUT2D eigenvalue weighted by Gasteiger charge is 2.44. The van der Waals surface area contributed by atoms with Crippen molar-refractivity contribution < 1.29 is 27.5 Å². The maximum atomic E-state index is 12.4. The van der Waals surface area contributed by atoms with E-state index in [1.165, 1.54) is 12.1 Å². The molecule has 0 spiro atoms. The van der Waals surface area contributed by atoms with Crippen molar-refractivity contribution in [1.82, 2.24) is 10.2 Å². The normalized spacial score (nSPS) is 18.2. The summed E-state index contributed by atoms with van der Waals surface area (Å²) in [5.74, 6) is -0.465. The summed E-state index contributed by atoms with van der Waals surface area (Å²) in [4.78, 5) is 24.5. The van der Waals surface area contributed by atoms with Crippen LogP contribution < -0.4 is 5.32 Å². The second kappa shape index (κ2) is 6.71. The number of nitrogens with one attached hydrogen (secondary N) is 1. The Labute approximate surface area is 130 Å². The fourth-order valence-electron chi connectivity index (χ4n) is 2.08.